The number of anilines is 1. The maximum absolute atomic E-state index is 12.8. The molecule has 3 aromatic carbocycles. The quantitative estimate of drug-likeness (QED) is 0.340. The summed E-state index contributed by atoms with van der Waals surface area (Å²) in [4.78, 5) is 12.8. The van der Waals surface area contributed by atoms with Crippen molar-refractivity contribution in [1.29, 1.82) is 0 Å². The van der Waals surface area contributed by atoms with Crippen LogP contribution in [0.15, 0.2) is 91.0 Å². The molecule has 0 unspecified atom stereocenters. The summed E-state index contributed by atoms with van der Waals surface area (Å²) in [5.74, 6) is 1.03. The molecule has 0 atom stereocenters. The Morgan fingerprint density at radius 2 is 1.70 bits per heavy atom. The van der Waals surface area contributed by atoms with Crippen LogP contribution in [-0.2, 0) is 6.42 Å². The van der Waals surface area contributed by atoms with Gasteiger partial charge in [0.25, 0.3) is 5.91 Å². The molecule has 0 aliphatic rings. The summed E-state index contributed by atoms with van der Waals surface area (Å²) in [6.45, 7) is 6.70. The van der Waals surface area contributed by atoms with Crippen molar-refractivity contribution in [3.63, 3.8) is 0 Å². The molecule has 0 fully saturated rings. The first kappa shape index (κ1) is 21.2. The minimum Gasteiger partial charge on any atom is -0.494 e. The molecule has 4 nitrogen and oxygen atoms in total. The van der Waals surface area contributed by atoms with Crippen molar-refractivity contribution in [3.8, 4) is 11.5 Å². The van der Waals surface area contributed by atoms with Crippen LogP contribution < -0.4 is 14.8 Å². The van der Waals surface area contributed by atoms with Crippen molar-refractivity contribution in [3.05, 3.63) is 102 Å². The Balaban J connectivity index is 1.56. The van der Waals surface area contributed by atoms with Crippen LogP contribution in [0.4, 0.5) is 5.69 Å². The van der Waals surface area contributed by atoms with Crippen LogP contribution in [0.1, 0.15) is 29.3 Å². The Labute approximate surface area is 178 Å². The van der Waals surface area contributed by atoms with Gasteiger partial charge in [0.1, 0.15) is 18.1 Å². The third-order valence-electron chi connectivity index (χ3n) is 4.42. The molecule has 0 heterocycles. The largest absolute Gasteiger partial charge is 0.494 e. The lowest BCUT2D eigenvalue weighted by molar-refractivity contribution is 0.102. The van der Waals surface area contributed by atoms with Crippen molar-refractivity contribution in [2.24, 2.45) is 0 Å². The summed E-state index contributed by atoms with van der Waals surface area (Å²) in [6.07, 6.45) is 1.90. The smallest absolute Gasteiger partial charge is 0.259 e. The molecular weight excluding hydrogens is 374 g/mol. The van der Waals surface area contributed by atoms with Gasteiger partial charge in [-0.05, 0) is 55.2 Å². The van der Waals surface area contributed by atoms with Crippen molar-refractivity contribution in [2.45, 2.75) is 19.8 Å². The molecular formula is C26H27NO3. The van der Waals surface area contributed by atoms with E-state index in [9.17, 15) is 4.79 Å². The fourth-order valence-electron chi connectivity index (χ4n) is 2.95. The fourth-order valence-corrected chi connectivity index (χ4v) is 2.95. The zero-order valence-corrected chi connectivity index (χ0v) is 17.3. The average Bonchev–Trinajstić information content (AvgIpc) is 2.76. The summed E-state index contributed by atoms with van der Waals surface area (Å²) in [5.41, 5.74) is 3.35. The van der Waals surface area contributed by atoms with E-state index in [1.54, 1.807) is 12.1 Å². The van der Waals surface area contributed by atoms with Crippen LogP contribution in [-0.4, -0.2) is 19.1 Å². The molecule has 154 valence electrons. The number of amides is 1. The topological polar surface area (TPSA) is 47.6 Å². The van der Waals surface area contributed by atoms with Gasteiger partial charge in [-0.25, -0.2) is 0 Å². The lowest BCUT2D eigenvalue weighted by Crippen LogP contribution is -2.14. The predicted molar refractivity (Wildman–Crippen MR) is 121 cm³/mol. The van der Waals surface area contributed by atoms with Crippen molar-refractivity contribution in [1.82, 2.24) is 0 Å². The molecule has 3 rings (SSSR count). The second-order valence-corrected chi connectivity index (χ2v) is 7.16. The molecule has 30 heavy (non-hydrogen) atoms. The Morgan fingerprint density at radius 1 is 0.933 bits per heavy atom. The third-order valence-corrected chi connectivity index (χ3v) is 4.42. The molecule has 0 saturated carbocycles. The highest BCUT2D eigenvalue weighted by Gasteiger charge is 2.13. The van der Waals surface area contributed by atoms with Crippen LogP contribution in [0, 0.1) is 0 Å². The maximum atomic E-state index is 12.8. The first-order valence-electron chi connectivity index (χ1n) is 10.1. The first-order chi connectivity index (χ1) is 14.6. The number of hydrogen-bond donors (Lipinski definition) is 1. The second-order valence-electron chi connectivity index (χ2n) is 7.16. The van der Waals surface area contributed by atoms with Gasteiger partial charge in [0, 0.05) is 11.8 Å². The van der Waals surface area contributed by atoms with Gasteiger partial charge in [-0.2, -0.15) is 0 Å². The maximum Gasteiger partial charge on any atom is 0.259 e. The van der Waals surface area contributed by atoms with Crippen LogP contribution in [0.3, 0.4) is 0 Å². The highest BCUT2D eigenvalue weighted by atomic mass is 16.5. The molecule has 1 N–H and O–H groups in total. The van der Waals surface area contributed by atoms with Gasteiger partial charge in [-0.1, -0.05) is 55.1 Å². The van der Waals surface area contributed by atoms with Crippen molar-refractivity contribution in [2.75, 3.05) is 18.5 Å². The zero-order chi connectivity index (χ0) is 21.2. The number of ether oxygens (including phenoxy) is 2. The minimum absolute atomic E-state index is 0.228. The Morgan fingerprint density at radius 3 is 2.50 bits per heavy atom. The van der Waals surface area contributed by atoms with E-state index >= 15 is 0 Å². The molecule has 0 saturated heterocycles. The summed E-state index contributed by atoms with van der Waals surface area (Å²) in [7, 11) is 0. The average molecular weight is 402 g/mol. The lowest BCUT2D eigenvalue weighted by Gasteiger charge is -2.12. The normalized spacial score (nSPS) is 10.3. The zero-order valence-electron chi connectivity index (χ0n) is 17.3. The van der Waals surface area contributed by atoms with E-state index in [0.717, 1.165) is 24.2 Å². The number of hydrogen-bond acceptors (Lipinski definition) is 3. The standard InChI is InChI=1S/C26H27NO3/c1-20(2)19-30-25-16-7-6-15-24(25)26(28)27-22-13-8-14-23(18-22)29-17-9-12-21-10-4-3-5-11-21/h3-8,10-11,13-16,18H,1,9,12,17,19H2,2H3,(H,27,28). The molecule has 0 aliphatic heterocycles. The summed E-state index contributed by atoms with van der Waals surface area (Å²) in [5, 5.41) is 2.92. The summed E-state index contributed by atoms with van der Waals surface area (Å²) < 4.78 is 11.6. The second kappa shape index (κ2) is 10.9. The number of carbonyl (C=O) groups is 1. The molecule has 0 aromatic heterocycles. The molecule has 0 spiro atoms. The Bertz CT molecular complexity index is 982. The summed E-state index contributed by atoms with van der Waals surface area (Å²) in [6, 6.07) is 25.0. The van der Waals surface area contributed by atoms with Crippen LogP contribution in [0.2, 0.25) is 0 Å². The fraction of sp³-hybridized carbons (Fsp3) is 0.192. The van der Waals surface area contributed by atoms with Gasteiger partial charge in [-0.15, -0.1) is 0 Å². The number of benzene rings is 3. The summed E-state index contributed by atoms with van der Waals surface area (Å²) >= 11 is 0. The van der Waals surface area contributed by atoms with Crippen molar-refractivity contribution >= 4 is 11.6 Å². The molecule has 0 bridgehead atoms. The Hall–Kier alpha value is -3.53. The van der Waals surface area contributed by atoms with E-state index in [0.29, 0.717) is 30.2 Å². The number of aryl methyl sites for hydroxylation is 1. The SMILES string of the molecule is C=C(C)COc1ccccc1C(=O)Nc1cccc(OCCCc2ccccc2)c1. The molecule has 1 amide bonds. The highest BCUT2D eigenvalue weighted by molar-refractivity contribution is 6.06. The minimum atomic E-state index is -0.228. The number of carbonyl (C=O) groups excluding carboxylic acids is 1. The number of para-hydroxylation sites is 1. The highest BCUT2D eigenvalue weighted by Crippen LogP contribution is 2.22. The number of rotatable bonds is 10. The van der Waals surface area contributed by atoms with Gasteiger partial charge in [-0.3, -0.25) is 4.79 Å². The van der Waals surface area contributed by atoms with E-state index in [1.165, 1.54) is 5.56 Å². The van der Waals surface area contributed by atoms with Crippen molar-refractivity contribution < 1.29 is 14.3 Å². The third kappa shape index (κ3) is 6.52. The van der Waals surface area contributed by atoms with Crippen LogP contribution in [0.5, 0.6) is 11.5 Å². The molecule has 3 aromatic rings. The van der Waals surface area contributed by atoms with Gasteiger partial charge < -0.3 is 14.8 Å². The van der Waals surface area contributed by atoms with E-state index in [2.05, 4.69) is 24.0 Å². The van der Waals surface area contributed by atoms with Crippen LogP contribution in [0.25, 0.3) is 0 Å². The van der Waals surface area contributed by atoms with Crippen LogP contribution >= 0.6 is 0 Å². The Kier molecular flexibility index (Phi) is 7.67. The first-order valence-corrected chi connectivity index (χ1v) is 10.1. The lowest BCUT2D eigenvalue weighted by atomic mass is 10.1. The monoisotopic (exact) mass is 401 g/mol. The van der Waals surface area contributed by atoms with Gasteiger partial charge in [0.15, 0.2) is 0 Å². The van der Waals surface area contributed by atoms with E-state index < -0.39 is 0 Å². The van der Waals surface area contributed by atoms with E-state index in [-0.39, 0.29) is 5.91 Å². The molecule has 0 aliphatic carbocycles. The van der Waals surface area contributed by atoms with Gasteiger partial charge in [0.05, 0.1) is 12.2 Å². The molecule has 4 heteroatoms. The predicted octanol–water partition coefficient (Wildman–Crippen LogP) is 5.91. The number of nitrogens with one attached hydrogen (secondary N) is 1. The van der Waals surface area contributed by atoms with E-state index in [4.69, 9.17) is 9.47 Å². The van der Waals surface area contributed by atoms with Gasteiger partial charge >= 0.3 is 0 Å². The molecule has 0 radical (unpaired) electrons. The van der Waals surface area contributed by atoms with Gasteiger partial charge in [0.2, 0.25) is 0 Å². The van der Waals surface area contributed by atoms with E-state index in [1.807, 2.05) is 61.5 Å².